The summed E-state index contributed by atoms with van der Waals surface area (Å²) in [6.07, 6.45) is 0. The monoisotopic (exact) mass is 200 g/mol. The molecule has 1 aromatic carbocycles. The maximum absolute atomic E-state index is 11.2. The van der Waals surface area contributed by atoms with Crippen molar-refractivity contribution in [1.29, 1.82) is 0 Å². The van der Waals surface area contributed by atoms with Crippen LogP contribution in [0.1, 0.15) is 17.5 Å². The molecule has 0 saturated heterocycles. The fourth-order valence-electron chi connectivity index (χ4n) is 1.52. The summed E-state index contributed by atoms with van der Waals surface area (Å²) in [5, 5.41) is 0.509. The van der Waals surface area contributed by atoms with E-state index in [1.807, 2.05) is 0 Å². The molecule has 2 aromatic rings. The van der Waals surface area contributed by atoms with Gasteiger partial charge in [-0.2, -0.15) is 0 Å². The number of furan rings is 1. The number of ketones is 1. The number of fused-ring (bicyclic) bond motifs is 1. The summed E-state index contributed by atoms with van der Waals surface area (Å²) in [6.45, 7) is 1.39. The second-order valence-corrected chi connectivity index (χ2v) is 3.56. The Morgan fingerprint density at radius 3 is 2.19 bits per heavy atom. The average molecular weight is 199 g/mol. The first-order valence-electron chi connectivity index (χ1n) is 4.59. The molecular weight excluding hydrogens is 195 g/mol. The van der Waals surface area contributed by atoms with Crippen molar-refractivity contribution in [3.8, 4) is 0 Å². The number of benzene rings is 1. The van der Waals surface area contributed by atoms with Crippen molar-refractivity contribution in [1.82, 2.24) is 0 Å². The first kappa shape index (κ1) is 11.2. The molecule has 0 saturated carbocycles. The minimum Gasteiger partial charge on any atom is -0.454 e. The average Bonchev–Trinajstić information content (AvgIpc) is 2.68. The molecule has 0 amide bonds. The Kier molecular flexibility index (Phi) is 2.53. The molecule has 0 atom stereocenters. The standard InChI is InChI=1S/C10H4B4O2/c1-3(15)5-2-4-6(11)7(12)8(13)9(14)10(4)16-5/h2H,1H3. The van der Waals surface area contributed by atoms with Gasteiger partial charge in [0, 0.05) is 12.3 Å². The van der Waals surface area contributed by atoms with Crippen LogP contribution in [-0.2, 0) is 0 Å². The van der Waals surface area contributed by atoms with Crippen LogP contribution in [0.25, 0.3) is 11.0 Å². The normalized spacial score (nSPS) is 10.8. The van der Waals surface area contributed by atoms with Crippen LogP contribution in [0.5, 0.6) is 0 Å². The molecule has 0 bridgehead atoms. The van der Waals surface area contributed by atoms with E-state index in [0.717, 1.165) is 0 Å². The number of rotatable bonds is 1. The zero-order valence-electron chi connectivity index (χ0n) is 8.70. The van der Waals surface area contributed by atoms with Gasteiger partial charge in [-0.25, -0.2) is 0 Å². The smallest absolute Gasteiger partial charge is 0.194 e. The highest BCUT2D eigenvalue weighted by molar-refractivity contribution is 6.66. The van der Waals surface area contributed by atoms with Gasteiger partial charge < -0.3 is 4.42 Å². The predicted octanol–water partition coefficient (Wildman–Crippen LogP) is -2.19. The van der Waals surface area contributed by atoms with E-state index in [1.54, 1.807) is 0 Å². The first-order valence-corrected chi connectivity index (χ1v) is 4.59. The molecule has 6 heteroatoms. The summed E-state index contributed by atoms with van der Waals surface area (Å²) < 4.78 is 5.29. The fourth-order valence-corrected chi connectivity index (χ4v) is 1.52. The highest BCUT2D eigenvalue weighted by atomic mass is 16.3. The van der Waals surface area contributed by atoms with Crippen molar-refractivity contribution in [2.45, 2.75) is 6.92 Å². The van der Waals surface area contributed by atoms with Crippen molar-refractivity contribution in [3.63, 3.8) is 0 Å². The van der Waals surface area contributed by atoms with Crippen LogP contribution < -0.4 is 21.9 Å². The Hall–Kier alpha value is -1.31. The van der Waals surface area contributed by atoms with Crippen molar-refractivity contribution >= 4 is 70.0 Å². The summed E-state index contributed by atoms with van der Waals surface area (Å²) in [4.78, 5) is 11.2. The number of carbonyl (C=O) groups is 1. The van der Waals surface area contributed by atoms with Crippen LogP contribution in [0.2, 0.25) is 0 Å². The molecule has 0 aliphatic carbocycles. The lowest BCUT2D eigenvalue weighted by Crippen LogP contribution is -2.47. The van der Waals surface area contributed by atoms with Crippen LogP contribution in [0, 0.1) is 0 Å². The third kappa shape index (κ3) is 1.44. The van der Waals surface area contributed by atoms with Crippen LogP contribution in [0.3, 0.4) is 0 Å². The van der Waals surface area contributed by atoms with E-state index in [4.69, 9.17) is 35.8 Å². The zero-order valence-corrected chi connectivity index (χ0v) is 8.70. The van der Waals surface area contributed by atoms with E-state index < -0.39 is 0 Å². The second kappa shape index (κ2) is 3.62. The number of hydrogen-bond acceptors (Lipinski definition) is 2. The molecule has 2 rings (SSSR count). The zero-order chi connectivity index (χ0) is 12.0. The largest absolute Gasteiger partial charge is 0.454 e. The lowest BCUT2D eigenvalue weighted by atomic mass is 9.66. The molecule has 0 unspecified atom stereocenters. The van der Waals surface area contributed by atoms with E-state index in [0.29, 0.717) is 11.0 Å². The van der Waals surface area contributed by atoms with Gasteiger partial charge in [0.2, 0.25) is 0 Å². The quantitative estimate of drug-likeness (QED) is 0.386. The molecule has 0 N–H and O–H groups in total. The van der Waals surface area contributed by atoms with Gasteiger partial charge in [-0.15, -0.1) is 10.9 Å². The Labute approximate surface area is 98.4 Å². The molecule has 1 heterocycles. The number of Topliss-reactive ketones (excluding diaryl/α,β-unsaturated/α-hetero) is 1. The van der Waals surface area contributed by atoms with Gasteiger partial charge in [-0.1, -0.05) is 10.9 Å². The van der Waals surface area contributed by atoms with Gasteiger partial charge in [-0.05, 0) is 6.07 Å². The summed E-state index contributed by atoms with van der Waals surface area (Å²) in [5.74, 6) is -0.0365. The topological polar surface area (TPSA) is 30.2 Å². The minimum atomic E-state index is -0.216. The molecule has 0 spiro atoms. The summed E-state index contributed by atoms with van der Waals surface area (Å²) in [6, 6.07) is 1.51. The third-order valence-corrected chi connectivity index (χ3v) is 2.48. The molecule has 16 heavy (non-hydrogen) atoms. The molecule has 8 radical (unpaired) electrons. The molecule has 0 aliphatic rings. The Morgan fingerprint density at radius 2 is 1.62 bits per heavy atom. The molecule has 0 fully saturated rings. The Bertz CT molecular complexity index is 556. The minimum absolute atomic E-state index is 0.175. The van der Waals surface area contributed by atoms with Gasteiger partial charge in [-0.3, -0.25) is 4.79 Å². The molecule has 2 nitrogen and oxygen atoms in total. The number of hydrogen-bond donors (Lipinski definition) is 0. The van der Waals surface area contributed by atoms with E-state index in [2.05, 4.69) is 0 Å². The highest BCUT2D eigenvalue weighted by Crippen LogP contribution is 2.14. The predicted molar refractivity (Wildman–Crippen MR) is 67.8 cm³/mol. The summed E-state index contributed by atoms with van der Waals surface area (Å²) in [5.41, 5.74) is 1.16. The lowest BCUT2D eigenvalue weighted by molar-refractivity contribution is 0.0989. The number of carbonyl (C=O) groups excluding carboxylic acids is 1. The lowest BCUT2D eigenvalue weighted by Gasteiger charge is -2.11. The maximum atomic E-state index is 11.2. The molecule has 68 valence electrons. The van der Waals surface area contributed by atoms with Crippen LogP contribution in [-0.4, -0.2) is 37.2 Å². The SMILES string of the molecule is [B]c1c([B])c([B])c2oc(C(C)=O)cc2c1[B]. The van der Waals surface area contributed by atoms with Crippen LogP contribution in [0.15, 0.2) is 10.5 Å². The van der Waals surface area contributed by atoms with Gasteiger partial charge >= 0.3 is 0 Å². The molecule has 0 aliphatic heterocycles. The molecular formula is C10H4B4O2. The van der Waals surface area contributed by atoms with E-state index in [1.165, 1.54) is 13.0 Å². The van der Waals surface area contributed by atoms with Gasteiger partial charge in [0.15, 0.2) is 11.5 Å². The van der Waals surface area contributed by atoms with Gasteiger partial charge in [0.1, 0.15) is 37.0 Å². The fraction of sp³-hybridized carbons (Fsp3) is 0.100. The third-order valence-electron chi connectivity index (χ3n) is 2.48. The highest BCUT2D eigenvalue weighted by Gasteiger charge is 2.14. The van der Waals surface area contributed by atoms with Crippen LogP contribution in [0.4, 0.5) is 0 Å². The summed E-state index contributed by atoms with van der Waals surface area (Å²) in [7, 11) is 22.8. The Morgan fingerprint density at radius 1 is 1.06 bits per heavy atom. The van der Waals surface area contributed by atoms with E-state index in [9.17, 15) is 4.79 Å². The van der Waals surface area contributed by atoms with E-state index >= 15 is 0 Å². The van der Waals surface area contributed by atoms with Gasteiger partial charge in [0.25, 0.3) is 0 Å². The van der Waals surface area contributed by atoms with E-state index in [-0.39, 0.29) is 33.4 Å². The van der Waals surface area contributed by atoms with Crippen molar-refractivity contribution in [2.24, 2.45) is 0 Å². The molecule has 1 aromatic heterocycles. The van der Waals surface area contributed by atoms with Crippen LogP contribution >= 0.6 is 0 Å². The van der Waals surface area contributed by atoms with Crippen molar-refractivity contribution in [3.05, 3.63) is 11.8 Å². The second-order valence-electron chi connectivity index (χ2n) is 3.56. The Balaban J connectivity index is 2.92. The van der Waals surface area contributed by atoms with Crippen molar-refractivity contribution in [2.75, 3.05) is 0 Å². The maximum Gasteiger partial charge on any atom is 0.194 e. The van der Waals surface area contributed by atoms with Gasteiger partial charge in [0.05, 0.1) is 0 Å². The summed E-state index contributed by atoms with van der Waals surface area (Å²) >= 11 is 0. The van der Waals surface area contributed by atoms with Crippen molar-refractivity contribution < 1.29 is 9.21 Å². The first-order chi connectivity index (χ1) is 7.43.